The molecule has 3 heterocycles. The number of aryl methyl sites for hydroxylation is 1. The Labute approximate surface area is 152 Å². The van der Waals surface area contributed by atoms with Crippen molar-refractivity contribution in [1.29, 1.82) is 0 Å². The van der Waals surface area contributed by atoms with Gasteiger partial charge in [-0.3, -0.25) is 0 Å². The SMILES string of the molecule is Cc1occc1-c1nnc(SCc2csc(Nc3ccccc3)n2)o1. The van der Waals surface area contributed by atoms with Gasteiger partial charge in [0, 0.05) is 16.8 Å². The van der Waals surface area contributed by atoms with E-state index >= 15 is 0 Å². The molecule has 0 amide bonds. The van der Waals surface area contributed by atoms with Crippen LogP contribution in [0.1, 0.15) is 11.5 Å². The lowest BCUT2D eigenvalue weighted by atomic mass is 10.3. The molecule has 8 heteroatoms. The minimum Gasteiger partial charge on any atom is -0.469 e. The second-order valence-corrected chi connectivity index (χ2v) is 6.97. The van der Waals surface area contributed by atoms with Gasteiger partial charge in [0.05, 0.1) is 17.5 Å². The number of anilines is 2. The van der Waals surface area contributed by atoms with Crippen molar-refractivity contribution in [3.05, 3.63) is 59.5 Å². The van der Waals surface area contributed by atoms with Crippen LogP contribution in [-0.2, 0) is 5.75 Å². The number of thiazole rings is 1. The van der Waals surface area contributed by atoms with Crippen molar-refractivity contribution in [2.24, 2.45) is 0 Å². The maximum absolute atomic E-state index is 5.67. The van der Waals surface area contributed by atoms with E-state index in [9.17, 15) is 0 Å². The number of nitrogens with zero attached hydrogens (tertiary/aromatic N) is 3. The second kappa shape index (κ2) is 7.12. The molecule has 4 aromatic rings. The largest absolute Gasteiger partial charge is 0.469 e. The third-order valence-corrected chi connectivity index (χ3v) is 5.07. The van der Waals surface area contributed by atoms with E-state index in [0.717, 1.165) is 27.8 Å². The molecule has 0 fully saturated rings. The summed E-state index contributed by atoms with van der Waals surface area (Å²) in [6.45, 7) is 1.86. The highest BCUT2D eigenvalue weighted by Gasteiger charge is 2.13. The average Bonchev–Trinajstić information content (AvgIpc) is 3.35. The molecule has 0 saturated heterocycles. The molecule has 3 aromatic heterocycles. The smallest absolute Gasteiger partial charge is 0.277 e. The Balaban J connectivity index is 1.38. The number of benzene rings is 1. The van der Waals surface area contributed by atoms with Gasteiger partial charge in [-0.25, -0.2) is 4.98 Å². The van der Waals surface area contributed by atoms with Crippen LogP contribution in [0.5, 0.6) is 0 Å². The lowest BCUT2D eigenvalue weighted by molar-refractivity contribution is 0.463. The fourth-order valence-corrected chi connectivity index (χ4v) is 3.69. The number of aromatic nitrogens is 3. The van der Waals surface area contributed by atoms with E-state index in [2.05, 4.69) is 20.5 Å². The first-order valence-corrected chi connectivity index (χ1v) is 9.42. The zero-order chi connectivity index (χ0) is 17.1. The normalized spacial score (nSPS) is 10.9. The molecule has 25 heavy (non-hydrogen) atoms. The molecule has 0 aliphatic carbocycles. The van der Waals surface area contributed by atoms with E-state index in [-0.39, 0.29) is 0 Å². The molecule has 0 bridgehead atoms. The summed E-state index contributed by atoms with van der Waals surface area (Å²) in [7, 11) is 0. The highest BCUT2D eigenvalue weighted by molar-refractivity contribution is 7.98. The Bertz CT molecular complexity index is 962. The first kappa shape index (κ1) is 15.9. The van der Waals surface area contributed by atoms with Crippen LogP contribution in [0, 0.1) is 6.92 Å². The number of nitrogens with one attached hydrogen (secondary N) is 1. The van der Waals surface area contributed by atoms with Crippen LogP contribution in [-0.4, -0.2) is 15.2 Å². The van der Waals surface area contributed by atoms with Crippen molar-refractivity contribution < 1.29 is 8.83 Å². The molecule has 126 valence electrons. The number of hydrogen-bond donors (Lipinski definition) is 1. The van der Waals surface area contributed by atoms with Crippen LogP contribution >= 0.6 is 23.1 Å². The maximum atomic E-state index is 5.67. The minimum absolute atomic E-state index is 0.471. The third-order valence-electron chi connectivity index (χ3n) is 3.42. The number of furan rings is 1. The van der Waals surface area contributed by atoms with Crippen molar-refractivity contribution in [3.63, 3.8) is 0 Å². The van der Waals surface area contributed by atoms with Crippen molar-refractivity contribution in [2.75, 3.05) is 5.32 Å². The van der Waals surface area contributed by atoms with Gasteiger partial charge in [-0.2, -0.15) is 0 Å². The molecule has 0 aliphatic heterocycles. The van der Waals surface area contributed by atoms with Gasteiger partial charge >= 0.3 is 0 Å². The van der Waals surface area contributed by atoms with Crippen molar-refractivity contribution in [1.82, 2.24) is 15.2 Å². The van der Waals surface area contributed by atoms with E-state index < -0.39 is 0 Å². The molecule has 6 nitrogen and oxygen atoms in total. The molecule has 0 radical (unpaired) electrons. The predicted octanol–water partition coefficient (Wildman–Crippen LogP) is 5.13. The molecule has 0 atom stereocenters. The Morgan fingerprint density at radius 3 is 2.84 bits per heavy atom. The predicted molar refractivity (Wildman–Crippen MR) is 98.1 cm³/mol. The number of rotatable bonds is 6. The average molecular weight is 370 g/mol. The zero-order valence-corrected chi connectivity index (χ0v) is 14.9. The summed E-state index contributed by atoms with van der Waals surface area (Å²) in [5, 5.41) is 14.8. The van der Waals surface area contributed by atoms with E-state index in [1.54, 1.807) is 17.6 Å². The van der Waals surface area contributed by atoms with Crippen LogP contribution in [0.4, 0.5) is 10.8 Å². The second-order valence-electron chi connectivity index (χ2n) is 5.19. The molecule has 0 unspecified atom stereocenters. The summed E-state index contributed by atoms with van der Waals surface area (Å²) in [4.78, 5) is 4.57. The Kier molecular flexibility index (Phi) is 4.53. The van der Waals surface area contributed by atoms with Gasteiger partial charge in [-0.05, 0) is 25.1 Å². The molecule has 1 N–H and O–H groups in total. The summed E-state index contributed by atoms with van der Waals surface area (Å²) in [5.74, 6) is 1.90. The summed E-state index contributed by atoms with van der Waals surface area (Å²) in [5.41, 5.74) is 2.81. The highest BCUT2D eigenvalue weighted by Crippen LogP contribution is 2.29. The number of hydrogen-bond acceptors (Lipinski definition) is 8. The van der Waals surface area contributed by atoms with Crippen molar-refractivity contribution in [3.8, 4) is 11.5 Å². The van der Waals surface area contributed by atoms with Crippen LogP contribution in [0.15, 0.2) is 62.1 Å². The highest BCUT2D eigenvalue weighted by atomic mass is 32.2. The molecule has 0 saturated carbocycles. The molecule has 0 aliphatic rings. The molecule has 4 rings (SSSR count). The zero-order valence-electron chi connectivity index (χ0n) is 13.3. The lowest BCUT2D eigenvalue weighted by Crippen LogP contribution is -1.89. The fraction of sp³-hybridized carbons (Fsp3) is 0.118. The van der Waals surface area contributed by atoms with Crippen molar-refractivity contribution in [2.45, 2.75) is 17.9 Å². The van der Waals surface area contributed by atoms with Gasteiger partial charge < -0.3 is 14.2 Å². The number of para-hydroxylation sites is 1. The van der Waals surface area contributed by atoms with Crippen LogP contribution in [0.2, 0.25) is 0 Å². The summed E-state index contributed by atoms with van der Waals surface area (Å²) in [6, 6.07) is 11.8. The lowest BCUT2D eigenvalue weighted by Gasteiger charge is -2.00. The van der Waals surface area contributed by atoms with Crippen molar-refractivity contribution >= 4 is 33.9 Å². The summed E-state index contributed by atoms with van der Waals surface area (Å²) < 4.78 is 10.9. The number of thioether (sulfide) groups is 1. The van der Waals surface area contributed by atoms with Crippen LogP contribution in [0.25, 0.3) is 11.5 Å². The fourth-order valence-electron chi connectivity index (χ4n) is 2.20. The summed E-state index contributed by atoms with van der Waals surface area (Å²) in [6.07, 6.45) is 1.61. The third kappa shape index (κ3) is 3.75. The van der Waals surface area contributed by atoms with Gasteiger partial charge in [0.25, 0.3) is 11.1 Å². The maximum Gasteiger partial charge on any atom is 0.277 e. The van der Waals surface area contributed by atoms with Crippen LogP contribution < -0.4 is 5.32 Å². The quantitative estimate of drug-likeness (QED) is 0.471. The van der Waals surface area contributed by atoms with Crippen LogP contribution in [0.3, 0.4) is 0 Å². The Morgan fingerprint density at radius 1 is 1.16 bits per heavy atom. The topological polar surface area (TPSA) is 77.0 Å². The van der Waals surface area contributed by atoms with Gasteiger partial charge in [0.2, 0.25) is 0 Å². The molecule has 1 aromatic carbocycles. The first-order chi connectivity index (χ1) is 12.3. The standard InChI is InChI=1S/C17H14N4O2S2/c1-11-14(7-8-22-11)15-20-21-17(23-15)25-10-13-9-24-16(19-13)18-12-5-3-2-4-6-12/h2-9H,10H2,1H3,(H,18,19). The van der Waals surface area contributed by atoms with E-state index in [4.69, 9.17) is 8.83 Å². The monoisotopic (exact) mass is 370 g/mol. The van der Waals surface area contributed by atoms with E-state index in [1.165, 1.54) is 11.8 Å². The minimum atomic E-state index is 0.471. The van der Waals surface area contributed by atoms with Gasteiger partial charge in [0.1, 0.15) is 5.76 Å². The molecular weight excluding hydrogens is 356 g/mol. The van der Waals surface area contributed by atoms with E-state index in [1.807, 2.05) is 48.7 Å². The Hall–Kier alpha value is -2.58. The van der Waals surface area contributed by atoms with Gasteiger partial charge in [-0.1, -0.05) is 30.0 Å². The molecular formula is C17H14N4O2S2. The van der Waals surface area contributed by atoms with E-state index in [0.29, 0.717) is 16.9 Å². The van der Waals surface area contributed by atoms with Gasteiger partial charge in [0.15, 0.2) is 5.13 Å². The first-order valence-electron chi connectivity index (χ1n) is 7.55. The Morgan fingerprint density at radius 2 is 2.04 bits per heavy atom. The van der Waals surface area contributed by atoms with Gasteiger partial charge in [-0.15, -0.1) is 21.5 Å². The molecule has 0 spiro atoms. The summed E-state index contributed by atoms with van der Waals surface area (Å²) >= 11 is 3.03.